The second-order valence-electron chi connectivity index (χ2n) is 7.74. The molecule has 3 aliphatic heterocycles. The lowest BCUT2D eigenvalue weighted by Crippen LogP contribution is -2.53. The average Bonchev–Trinajstić information content (AvgIpc) is 3.33. The zero-order valence-electron chi connectivity index (χ0n) is 15.8. The lowest BCUT2D eigenvalue weighted by Gasteiger charge is -2.38. The molecule has 3 aliphatic rings. The number of hydrogen-bond donors (Lipinski definition) is 2. The van der Waals surface area contributed by atoms with Gasteiger partial charge in [0, 0.05) is 31.1 Å². The largest absolute Gasteiger partial charge is 0.486 e. The van der Waals surface area contributed by atoms with Crippen molar-refractivity contribution in [1.29, 1.82) is 0 Å². The maximum atomic E-state index is 12.8. The Kier molecular flexibility index (Phi) is 4.44. The number of amides is 1. The molecule has 1 amide bonds. The van der Waals surface area contributed by atoms with Crippen molar-refractivity contribution in [1.82, 2.24) is 20.9 Å². The van der Waals surface area contributed by atoms with Crippen LogP contribution in [0.3, 0.4) is 0 Å². The highest BCUT2D eigenvalue weighted by Crippen LogP contribution is 2.35. The minimum Gasteiger partial charge on any atom is -0.486 e. The molecule has 0 spiro atoms. The summed E-state index contributed by atoms with van der Waals surface area (Å²) in [6, 6.07) is 9.94. The molecule has 0 radical (unpaired) electrons. The van der Waals surface area contributed by atoms with Crippen molar-refractivity contribution in [2.24, 2.45) is 5.92 Å². The number of hydrazine groups is 1. The molecule has 2 N–H and O–H groups in total. The Bertz CT molecular complexity index is 869. The normalized spacial score (nSPS) is 28.8. The van der Waals surface area contributed by atoms with Gasteiger partial charge in [-0.1, -0.05) is 17.3 Å². The number of rotatable bonds is 3. The van der Waals surface area contributed by atoms with Gasteiger partial charge in [0.25, 0.3) is 0 Å². The number of aryl methyl sites for hydroxylation is 1. The molecule has 148 valence electrons. The van der Waals surface area contributed by atoms with E-state index >= 15 is 0 Å². The molecule has 28 heavy (non-hydrogen) atoms. The number of para-hydroxylation sites is 2. The zero-order valence-corrected chi connectivity index (χ0v) is 15.8. The molecule has 0 saturated carbocycles. The fraction of sp³-hybridized carbons (Fsp3) is 0.500. The number of ether oxygens (including phenoxy) is 2. The van der Waals surface area contributed by atoms with Gasteiger partial charge in [-0.05, 0) is 25.5 Å². The number of nitrogens with one attached hydrogen (secondary N) is 2. The predicted octanol–water partition coefficient (Wildman–Crippen LogP) is 1.06. The lowest BCUT2D eigenvalue weighted by molar-refractivity contribution is -0.133. The van der Waals surface area contributed by atoms with E-state index in [0.717, 1.165) is 30.2 Å². The van der Waals surface area contributed by atoms with Crippen LogP contribution >= 0.6 is 0 Å². The number of benzene rings is 1. The molecular formula is C20H24N4O4. The highest BCUT2D eigenvalue weighted by molar-refractivity contribution is 5.78. The molecule has 1 aromatic heterocycles. The Labute approximate surface area is 163 Å². The standard InChI is InChI=1S/C20H24N4O4/c1-12-8-13(28-23-12)9-19(25)24-7-6-15-14(10-24)20(22-21-15)18-11-26-16-4-2-3-5-17(16)27-18/h2-5,8,14-15,18,20-22H,6-7,9-11H2,1H3. The van der Waals surface area contributed by atoms with E-state index in [2.05, 4.69) is 16.0 Å². The summed E-state index contributed by atoms with van der Waals surface area (Å²) in [4.78, 5) is 14.7. The van der Waals surface area contributed by atoms with E-state index in [0.29, 0.717) is 25.0 Å². The number of carbonyl (C=O) groups is 1. The summed E-state index contributed by atoms with van der Waals surface area (Å²) < 4.78 is 17.3. The first-order valence-corrected chi connectivity index (χ1v) is 9.77. The topological polar surface area (TPSA) is 88.9 Å². The van der Waals surface area contributed by atoms with E-state index in [1.54, 1.807) is 0 Å². The number of nitrogens with zero attached hydrogens (tertiary/aromatic N) is 2. The third-order valence-electron chi connectivity index (χ3n) is 5.84. The Morgan fingerprint density at radius 3 is 2.96 bits per heavy atom. The molecule has 8 heteroatoms. The van der Waals surface area contributed by atoms with E-state index in [4.69, 9.17) is 14.0 Å². The van der Waals surface area contributed by atoms with Gasteiger partial charge in [-0.25, -0.2) is 0 Å². The summed E-state index contributed by atoms with van der Waals surface area (Å²) in [6.45, 7) is 3.76. The van der Waals surface area contributed by atoms with Gasteiger partial charge < -0.3 is 18.9 Å². The average molecular weight is 384 g/mol. The van der Waals surface area contributed by atoms with E-state index in [9.17, 15) is 4.79 Å². The van der Waals surface area contributed by atoms with Gasteiger partial charge in [0.15, 0.2) is 11.5 Å². The molecule has 4 heterocycles. The van der Waals surface area contributed by atoms with Crippen molar-refractivity contribution < 1.29 is 18.8 Å². The van der Waals surface area contributed by atoms with E-state index in [1.165, 1.54) is 0 Å². The Morgan fingerprint density at radius 1 is 1.29 bits per heavy atom. The van der Waals surface area contributed by atoms with Gasteiger partial charge in [-0.15, -0.1) is 0 Å². The Hall–Kier alpha value is -2.58. The van der Waals surface area contributed by atoms with Crippen LogP contribution < -0.4 is 20.3 Å². The summed E-state index contributed by atoms with van der Waals surface area (Å²) >= 11 is 0. The predicted molar refractivity (Wildman–Crippen MR) is 99.8 cm³/mol. The quantitative estimate of drug-likeness (QED) is 0.818. The van der Waals surface area contributed by atoms with E-state index in [1.807, 2.05) is 42.2 Å². The van der Waals surface area contributed by atoms with Crippen LogP contribution in [0.4, 0.5) is 0 Å². The molecule has 4 unspecified atom stereocenters. The highest BCUT2D eigenvalue weighted by Gasteiger charge is 2.46. The summed E-state index contributed by atoms with van der Waals surface area (Å²) in [5, 5.41) is 3.86. The van der Waals surface area contributed by atoms with Crippen molar-refractivity contribution >= 4 is 5.91 Å². The van der Waals surface area contributed by atoms with Gasteiger partial charge in [-0.3, -0.25) is 15.6 Å². The van der Waals surface area contributed by atoms with Crippen LogP contribution in [0.25, 0.3) is 0 Å². The van der Waals surface area contributed by atoms with Crippen molar-refractivity contribution in [2.45, 2.75) is 38.0 Å². The van der Waals surface area contributed by atoms with Crippen molar-refractivity contribution in [2.75, 3.05) is 19.7 Å². The number of carbonyl (C=O) groups excluding carboxylic acids is 1. The summed E-state index contributed by atoms with van der Waals surface area (Å²) in [5.74, 6) is 2.50. The Morgan fingerprint density at radius 2 is 2.14 bits per heavy atom. The molecule has 4 atom stereocenters. The zero-order chi connectivity index (χ0) is 19.1. The molecule has 0 aliphatic carbocycles. The summed E-state index contributed by atoms with van der Waals surface area (Å²) in [6.07, 6.45) is 1.05. The first-order chi connectivity index (χ1) is 13.7. The lowest BCUT2D eigenvalue weighted by atomic mass is 9.85. The van der Waals surface area contributed by atoms with E-state index < -0.39 is 0 Å². The van der Waals surface area contributed by atoms with Crippen LogP contribution in [-0.4, -0.2) is 53.8 Å². The summed E-state index contributed by atoms with van der Waals surface area (Å²) in [7, 11) is 0. The number of aromatic nitrogens is 1. The molecule has 2 saturated heterocycles. The first-order valence-electron chi connectivity index (χ1n) is 9.77. The minimum absolute atomic E-state index is 0.0708. The summed E-state index contributed by atoms with van der Waals surface area (Å²) in [5.41, 5.74) is 7.57. The van der Waals surface area contributed by atoms with Gasteiger partial charge >= 0.3 is 0 Å². The molecule has 2 aromatic rings. The second kappa shape index (κ2) is 7.10. The van der Waals surface area contributed by atoms with E-state index in [-0.39, 0.29) is 30.4 Å². The van der Waals surface area contributed by atoms with Crippen LogP contribution in [0.15, 0.2) is 34.9 Å². The van der Waals surface area contributed by atoms with Gasteiger partial charge in [-0.2, -0.15) is 0 Å². The van der Waals surface area contributed by atoms with Crippen molar-refractivity contribution in [3.05, 3.63) is 41.8 Å². The fourth-order valence-electron chi connectivity index (χ4n) is 4.40. The third kappa shape index (κ3) is 3.22. The SMILES string of the molecule is Cc1cc(CC(=O)N2CCC3NNC(C4COc5ccccc5O4)C3C2)on1. The molecule has 8 nitrogen and oxygen atoms in total. The van der Waals surface area contributed by atoms with Crippen LogP contribution in [0, 0.1) is 12.8 Å². The third-order valence-corrected chi connectivity index (χ3v) is 5.84. The highest BCUT2D eigenvalue weighted by atomic mass is 16.6. The van der Waals surface area contributed by atoms with Crippen LogP contribution in [0.5, 0.6) is 11.5 Å². The van der Waals surface area contributed by atoms with Gasteiger partial charge in [0.1, 0.15) is 18.5 Å². The number of hydrogen-bond acceptors (Lipinski definition) is 7. The smallest absolute Gasteiger partial charge is 0.230 e. The maximum Gasteiger partial charge on any atom is 0.230 e. The van der Waals surface area contributed by atoms with Gasteiger partial charge in [0.2, 0.25) is 5.91 Å². The molecule has 2 fully saturated rings. The maximum absolute atomic E-state index is 12.8. The van der Waals surface area contributed by atoms with Crippen LogP contribution in [-0.2, 0) is 11.2 Å². The monoisotopic (exact) mass is 384 g/mol. The van der Waals surface area contributed by atoms with Crippen LogP contribution in [0.2, 0.25) is 0 Å². The molecule has 5 rings (SSSR count). The molecular weight excluding hydrogens is 360 g/mol. The molecule has 1 aromatic carbocycles. The Balaban J connectivity index is 1.26. The molecule has 0 bridgehead atoms. The van der Waals surface area contributed by atoms with Gasteiger partial charge in [0.05, 0.1) is 18.2 Å². The van der Waals surface area contributed by atoms with Crippen molar-refractivity contribution in [3.63, 3.8) is 0 Å². The number of fused-ring (bicyclic) bond motifs is 2. The number of likely N-dealkylation sites (tertiary alicyclic amines) is 1. The second-order valence-corrected chi connectivity index (χ2v) is 7.74. The first kappa shape index (κ1) is 17.5. The fourth-order valence-corrected chi connectivity index (χ4v) is 4.40. The van der Waals surface area contributed by atoms with Crippen LogP contribution in [0.1, 0.15) is 17.9 Å². The minimum atomic E-state index is -0.107. The number of piperidine rings is 1. The van der Waals surface area contributed by atoms with Crippen molar-refractivity contribution in [3.8, 4) is 11.5 Å².